The fraction of sp³-hybridized carbons (Fsp3) is 0.250. The molecule has 1 aliphatic rings. The molecule has 4 rings (SSSR count). The van der Waals surface area contributed by atoms with E-state index in [2.05, 4.69) is 20.4 Å². The number of nitrogens with one attached hydrogen (secondary N) is 1. The van der Waals surface area contributed by atoms with Gasteiger partial charge in [0.25, 0.3) is 5.91 Å². The molecule has 152 valence electrons. The Bertz CT molecular complexity index is 1030. The monoisotopic (exact) mass is 399 g/mol. The van der Waals surface area contributed by atoms with Crippen LogP contribution in [0.25, 0.3) is 11.3 Å². The molecule has 2 aromatic carbocycles. The second kappa shape index (κ2) is 9.31. The molecule has 2 heterocycles. The van der Waals surface area contributed by atoms with E-state index in [4.69, 9.17) is 4.98 Å². The molecule has 6 heteroatoms. The lowest BCUT2D eigenvalue weighted by Gasteiger charge is -2.27. The Morgan fingerprint density at radius 2 is 1.73 bits per heavy atom. The molecule has 0 saturated carbocycles. The average Bonchev–Trinajstić information content (AvgIpc) is 2.81. The zero-order valence-electron chi connectivity index (χ0n) is 17.1. The van der Waals surface area contributed by atoms with Crippen LogP contribution in [0.3, 0.4) is 0 Å². The first-order valence-corrected chi connectivity index (χ1v) is 10.3. The summed E-state index contributed by atoms with van der Waals surface area (Å²) in [5.41, 5.74) is 6.69. The average molecular weight is 399 g/mol. The molecule has 0 atom stereocenters. The zero-order chi connectivity index (χ0) is 20.8. The molecule has 1 aromatic heterocycles. The van der Waals surface area contributed by atoms with E-state index in [0.29, 0.717) is 11.6 Å². The molecule has 1 fully saturated rings. The van der Waals surface area contributed by atoms with Crippen LogP contribution in [0.15, 0.2) is 65.8 Å². The van der Waals surface area contributed by atoms with Crippen molar-refractivity contribution >= 4 is 18.1 Å². The van der Waals surface area contributed by atoms with Gasteiger partial charge < -0.3 is 4.90 Å². The summed E-state index contributed by atoms with van der Waals surface area (Å²) in [6.07, 6.45) is 5.07. The molecule has 30 heavy (non-hydrogen) atoms. The lowest BCUT2D eigenvalue weighted by Crippen LogP contribution is -2.32. The van der Waals surface area contributed by atoms with Gasteiger partial charge in [-0.25, -0.2) is 15.4 Å². The predicted molar refractivity (Wildman–Crippen MR) is 120 cm³/mol. The molecule has 1 N–H and O–H groups in total. The van der Waals surface area contributed by atoms with Crippen LogP contribution in [-0.4, -0.2) is 35.2 Å². The number of hydrogen-bond donors (Lipinski definition) is 1. The van der Waals surface area contributed by atoms with Crippen LogP contribution in [0.4, 0.5) is 5.95 Å². The molecule has 6 nitrogen and oxygen atoms in total. The van der Waals surface area contributed by atoms with Gasteiger partial charge in [-0.1, -0.05) is 60.2 Å². The molecular weight excluding hydrogens is 374 g/mol. The van der Waals surface area contributed by atoms with Crippen molar-refractivity contribution in [3.05, 3.63) is 77.5 Å². The van der Waals surface area contributed by atoms with E-state index in [1.165, 1.54) is 12.0 Å². The fourth-order valence-corrected chi connectivity index (χ4v) is 3.42. The Balaban J connectivity index is 1.58. The van der Waals surface area contributed by atoms with Gasteiger partial charge >= 0.3 is 0 Å². The van der Waals surface area contributed by atoms with E-state index in [0.717, 1.165) is 42.8 Å². The van der Waals surface area contributed by atoms with Crippen LogP contribution in [0.2, 0.25) is 0 Å². The molecular formula is C24H25N5O. The van der Waals surface area contributed by atoms with Gasteiger partial charge in [0.05, 0.1) is 11.9 Å². The highest BCUT2D eigenvalue weighted by atomic mass is 16.2. The minimum atomic E-state index is -0.351. The highest BCUT2D eigenvalue weighted by Crippen LogP contribution is 2.22. The first-order valence-electron chi connectivity index (χ1n) is 10.3. The van der Waals surface area contributed by atoms with Crippen LogP contribution in [-0.2, 0) is 0 Å². The Morgan fingerprint density at radius 3 is 2.47 bits per heavy atom. The quantitative estimate of drug-likeness (QED) is 0.515. The van der Waals surface area contributed by atoms with Gasteiger partial charge in [-0.05, 0) is 37.8 Å². The van der Waals surface area contributed by atoms with Gasteiger partial charge in [0, 0.05) is 18.7 Å². The minimum Gasteiger partial charge on any atom is -0.341 e. The highest BCUT2D eigenvalue weighted by Gasteiger charge is 2.18. The van der Waals surface area contributed by atoms with E-state index < -0.39 is 0 Å². The molecule has 0 spiro atoms. The van der Waals surface area contributed by atoms with Crippen molar-refractivity contribution in [2.75, 3.05) is 18.0 Å². The lowest BCUT2D eigenvalue weighted by molar-refractivity contribution is 0.0950. The summed E-state index contributed by atoms with van der Waals surface area (Å²) in [5, 5.41) is 4.09. The Labute approximate surface area is 176 Å². The summed E-state index contributed by atoms with van der Waals surface area (Å²) in [6.45, 7) is 3.85. The van der Waals surface area contributed by atoms with Crippen molar-refractivity contribution in [2.24, 2.45) is 5.10 Å². The molecule has 1 saturated heterocycles. The third kappa shape index (κ3) is 4.89. The third-order valence-electron chi connectivity index (χ3n) is 5.11. The first kappa shape index (κ1) is 19.8. The number of piperidine rings is 1. The zero-order valence-corrected chi connectivity index (χ0v) is 17.1. The summed E-state index contributed by atoms with van der Waals surface area (Å²) in [6, 6.07) is 19.5. The van der Waals surface area contributed by atoms with Crippen molar-refractivity contribution in [1.29, 1.82) is 0 Å². The summed E-state index contributed by atoms with van der Waals surface area (Å²) >= 11 is 0. The molecule has 1 amide bonds. The second-order valence-corrected chi connectivity index (χ2v) is 7.46. The molecule has 0 aliphatic carbocycles. The summed E-state index contributed by atoms with van der Waals surface area (Å²) in [5.74, 6) is 0.250. The topological polar surface area (TPSA) is 70.5 Å². The number of amides is 1. The van der Waals surface area contributed by atoms with E-state index >= 15 is 0 Å². The molecule has 0 unspecified atom stereocenters. The fourth-order valence-electron chi connectivity index (χ4n) is 3.42. The maximum absolute atomic E-state index is 12.8. The number of benzene rings is 2. The van der Waals surface area contributed by atoms with Crippen molar-refractivity contribution < 1.29 is 4.79 Å². The van der Waals surface area contributed by atoms with Gasteiger partial charge in [-0.2, -0.15) is 5.10 Å². The Kier molecular flexibility index (Phi) is 6.13. The number of aryl methyl sites for hydroxylation is 1. The third-order valence-corrected chi connectivity index (χ3v) is 5.11. The van der Waals surface area contributed by atoms with Crippen LogP contribution in [0.5, 0.6) is 0 Å². The van der Waals surface area contributed by atoms with E-state index in [9.17, 15) is 4.79 Å². The van der Waals surface area contributed by atoms with Crippen LogP contribution in [0.1, 0.15) is 40.9 Å². The predicted octanol–water partition coefficient (Wildman–Crippen LogP) is 4.21. The smallest absolute Gasteiger partial charge is 0.290 e. The minimum absolute atomic E-state index is 0.311. The number of hydrazone groups is 1. The van der Waals surface area contributed by atoms with Gasteiger partial charge in [-0.15, -0.1) is 0 Å². The van der Waals surface area contributed by atoms with E-state index in [1.54, 1.807) is 12.3 Å². The van der Waals surface area contributed by atoms with E-state index in [1.807, 2.05) is 61.5 Å². The number of carbonyl (C=O) groups excluding carboxylic acids is 1. The number of rotatable bonds is 5. The maximum atomic E-state index is 12.8. The van der Waals surface area contributed by atoms with Crippen molar-refractivity contribution in [3.8, 4) is 11.3 Å². The summed E-state index contributed by atoms with van der Waals surface area (Å²) in [4.78, 5) is 24.2. The van der Waals surface area contributed by atoms with Gasteiger partial charge in [-0.3, -0.25) is 4.79 Å². The molecule has 0 bridgehead atoms. The second-order valence-electron chi connectivity index (χ2n) is 7.46. The number of carbonyl (C=O) groups is 1. The maximum Gasteiger partial charge on any atom is 0.290 e. The summed E-state index contributed by atoms with van der Waals surface area (Å²) in [7, 11) is 0. The molecule has 1 aliphatic heterocycles. The number of hydrogen-bond acceptors (Lipinski definition) is 5. The number of aromatic nitrogens is 2. The van der Waals surface area contributed by atoms with Crippen molar-refractivity contribution in [3.63, 3.8) is 0 Å². The Hall–Kier alpha value is -3.54. The van der Waals surface area contributed by atoms with Gasteiger partial charge in [0.2, 0.25) is 5.95 Å². The van der Waals surface area contributed by atoms with Crippen LogP contribution < -0.4 is 10.3 Å². The van der Waals surface area contributed by atoms with E-state index in [-0.39, 0.29) is 5.91 Å². The Morgan fingerprint density at radius 1 is 1.00 bits per heavy atom. The number of anilines is 1. The summed E-state index contributed by atoms with van der Waals surface area (Å²) < 4.78 is 0. The van der Waals surface area contributed by atoms with Crippen molar-refractivity contribution in [2.45, 2.75) is 26.2 Å². The molecule has 0 radical (unpaired) electrons. The van der Waals surface area contributed by atoms with Crippen LogP contribution >= 0.6 is 0 Å². The van der Waals surface area contributed by atoms with Gasteiger partial charge in [0.15, 0.2) is 0 Å². The molecule has 3 aromatic rings. The highest BCUT2D eigenvalue weighted by molar-refractivity contribution is 5.94. The normalized spacial score (nSPS) is 14.1. The number of nitrogens with zero attached hydrogens (tertiary/aromatic N) is 4. The lowest BCUT2D eigenvalue weighted by atomic mass is 10.1. The van der Waals surface area contributed by atoms with Gasteiger partial charge in [0.1, 0.15) is 5.69 Å². The largest absolute Gasteiger partial charge is 0.341 e. The van der Waals surface area contributed by atoms with Crippen LogP contribution in [0, 0.1) is 6.92 Å². The van der Waals surface area contributed by atoms with Crippen molar-refractivity contribution in [1.82, 2.24) is 15.4 Å². The standard InChI is InChI=1S/C24H25N5O/c1-18-10-12-19(13-11-18)17-25-28-23(30)22-16-21(20-8-4-2-5-9-20)26-24(27-22)29-14-6-3-7-15-29/h2,4-5,8-13,16-17H,3,6-7,14-15H2,1H3,(H,28,30)/b25-17+. The first-order chi connectivity index (χ1) is 14.7. The SMILES string of the molecule is Cc1ccc(/C=N/NC(=O)c2cc(-c3ccccc3)nc(N3CCCCC3)n2)cc1.